The molecule has 2 aromatic heterocycles. The Balaban J connectivity index is 2.16. The third-order valence-corrected chi connectivity index (χ3v) is 3.27. The SMILES string of the molecule is CCc1nc2c(C(=O)O)cccc2n1Cc1nc(C)no1. The highest BCUT2D eigenvalue weighted by Crippen LogP contribution is 2.21. The second kappa shape index (κ2) is 5.01. The zero-order valence-corrected chi connectivity index (χ0v) is 11.7. The average Bonchev–Trinajstić information content (AvgIpc) is 3.03. The van der Waals surface area contributed by atoms with Crippen LogP contribution in [0, 0.1) is 6.92 Å². The lowest BCUT2D eigenvalue weighted by Crippen LogP contribution is -2.04. The van der Waals surface area contributed by atoms with Crippen LogP contribution in [0.25, 0.3) is 11.0 Å². The van der Waals surface area contributed by atoms with Gasteiger partial charge in [0.25, 0.3) is 0 Å². The summed E-state index contributed by atoms with van der Waals surface area (Å²) in [5, 5.41) is 13.0. The van der Waals surface area contributed by atoms with Crippen LogP contribution in [-0.2, 0) is 13.0 Å². The van der Waals surface area contributed by atoms with E-state index in [1.807, 2.05) is 17.6 Å². The fourth-order valence-electron chi connectivity index (χ4n) is 2.35. The summed E-state index contributed by atoms with van der Waals surface area (Å²) in [4.78, 5) is 19.9. The van der Waals surface area contributed by atoms with Crippen LogP contribution in [0.2, 0.25) is 0 Å². The summed E-state index contributed by atoms with van der Waals surface area (Å²) in [6.45, 7) is 4.10. The lowest BCUT2D eigenvalue weighted by molar-refractivity contribution is 0.0699. The molecular weight excluding hydrogens is 272 g/mol. The normalized spacial score (nSPS) is 11.1. The number of benzene rings is 1. The number of fused-ring (bicyclic) bond motifs is 1. The van der Waals surface area contributed by atoms with Crippen molar-refractivity contribution in [3.8, 4) is 0 Å². The van der Waals surface area contributed by atoms with Crippen LogP contribution < -0.4 is 0 Å². The first-order valence-electron chi connectivity index (χ1n) is 6.60. The summed E-state index contributed by atoms with van der Waals surface area (Å²) < 4.78 is 7.05. The van der Waals surface area contributed by atoms with E-state index in [1.54, 1.807) is 19.1 Å². The molecule has 0 bridgehead atoms. The maximum atomic E-state index is 11.3. The number of carbonyl (C=O) groups is 1. The van der Waals surface area contributed by atoms with Crippen molar-refractivity contribution in [3.63, 3.8) is 0 Å². The van der Waals surface area contributed by atoms with E-state index in [9.17, 15) is 9.90 Å². The molecule has 0 unspecified atom stereocenters. The second-order valence-electron chi connectivity index (χ2n) is 4.68. The molecule has 3 aromatic rings. The molecule has 0 aliphatic heterocycles. The molecular formula is C14H14N4O3. The van der Waals surface area contributed by atoms with Crippen LogP contribution in [0.4, 0.5) is 0 Å². The largest absolute Gasteiger partial charge is 0.478 e. The molecule has 2 heterocycles. The number of imidazole rings is 1. The minimum absolute atomic E-state index is 0.197. The summed E-state index contributed by atoms with van der Waals surface area (Å²) in [5.74, 6) is 0.844. The average molecular weight is 286 g/mol. The smallest absolute Gasteiger partial charge is 0.337 e. The third kappa shape index (κ3) is 2.26. The summed E-state index contributed by atoms with van der Waals surface area (Å²) in [5.41, 5.74) is 1.43. The van der Waals surface area contributed by atoms with Gasteiger partial charge in [0, 0.05) is 6.42 Å². The van der Waals surface area contributed by atoms with Crippen molar-refractivity contribution in [2.24, 2.45) is 0 Å². The van der Waals surface area contributed by atoms with Crippen LogP contribution >= 0.6 is 0 Å². The Morgan fingerprint density at radius 1 is 1.38 bits per heavy atom. The fraction of sp³-hybridized carbons (Fsp3) is 0.286. The Morgan fingerprint density at radius 3 is 2.81 bits per heavy atom. The fourth-order valence-corrected chi connectivity index (χ4v) is 2.35. The molecule has 7 nitrogen and oxygen atoms in total. The first-order valence-corrected chi connectivity index (χ1v) is 6.60. The number of para-hydroxylation sites is 1. The molecule has 21 heavy (non-hydrogen) atoms. The molecule has 0 aliphatic rings. The molecule has 0 aliphatic carbocycles. The highest BCUT2D eigenvalue weighted by atomic mass is 16.5. The molecule has 0 spiro atoms. The van der Waals surface area contributed by atoms with E-state index in [4.69, 9.17) is 4.52 Å². The van der Waals surface area contributed by atoms with E-state index in [0.29, 0.717) is 30.2 Å². The molecule has 7 heteroatoms. The summed E-state index contributed by atoms with van der Waals surface area (Å²) in [6, 6.07) is 5.11. The van der Waals surface area contributed by atoms with Gasteiger partial charge in [-0.05, 0) is 19.1 Å². The quantitative estimate of drug-likeness (QED) is 0.788. The lowest BCUT2D eigenvalue weighted by atomic mass is 10.2. The number of aromatic nitrogens is 4. The zero-order valence-electron chi connectivity index (χ0n) is 11.7. The van der Waals surface area contributed by atoms with Gasteiger partial charge < -0.3 is 14.2 Å². The predicted molar refractivity (Wildman–Crippen MR) is 74.2 cm³/mol. The maximum Gasteiger partial charge on any atom is 0.337 e. The summed E-state index contributed by atoms with van der Waals surface area (Å²) in [6.07, 6.45) is 0.681. The topological polar surface area (TPSA) is 94.0 Å². The van der Waals surface area contributed by atoms with Gasteiger partial charge in [0.2, 0.25) is 5.89 Å². The monoisotopic (exact) mass is 286 g/mol. The van der Waals surface area contributed by atoms with Gasteiger partial charge in [0.05, 0.1) is 11.1 Å². The molecule has 0 atom stereocenters. The summed E-state index contributed by atoms with van der Waals surface area (Å²) >= 11 is 0. The van der Waals surface area contributed by atoms with Crippen molar-refractivity contribution in [3.05, 3.63) is 41.3 Å². The molecule has 0 radical (unpaired) electrons. The van der Waals surface area contributed by atoms with Crippen molar-refractivity contribution in [2.75, 3.05) is 0 Å². The number of nitrogens with zero attached hydrogens (tertiary/aromatic N) is 4. The van der Waals surface area contributed by atoms with Gasteiger partial charge in [-0.2, -0.15) is 4.98 Å². The Morgan fingerprint density at radius 2 is 2.19 bits per heavy atom. The van der Waals surface area contributed by atoms with Gasteiger partial charge in [-0.1, -0.05) is 18.1 Å². The zero-order chi connectivity index (χ0) is 15.0. The number of hydrogen-bond donors (Lipinski definition) is 1. The van der Waals surface area contributed by atoms with Crippen molar-refractivity contribution < 1.29 is 14.4 Å². The van der Waals surface area contributed by atoms with E-state index in [2.05, 4.69) is 15.1 Å². The number of carboxylic acid groups (broad SMARTS) is 1. The molecule has 3 rings (SSSR count). The number of hydrogen-bond acceptors (Lipinski definition) is 5. The number of carboxylic acids is 1. The van der Waals surface area contributed by atoms with Crippen LogP contribution in [0.5, 0.6) is 0 Å². The first kappa shape index (κ1) is 13.3. The lowest BCUT2D eigenvalue weighted by Gasteiger charge is -2.04. The Kier molecular flexibility index (Phi) is 3.17. The molecule has 0 fully saturated rings. The Hall–Kier alpha value is -2.70. The number of aromatic carboxylic acids is 1. The molecule has 0 saturated heterocycles. The van der Waals surface area contributed by atoms with Crippen molar-refractivity contribution >= 4 is 17.0 Å². The predicted octanol–water partition coefficient (Wildman–Crippen LogP) is 2.04. The van der Waals surface area contributed by atoms with Crippen molar-refractivity contribution in [1.29, 1.82) is 0 Å². The van der Waals surface area contributed by atoms with Crippen LogP contribution in [0.1, 0.15) is 34.8 Å². The summed E-state index contributed by atoms with van der Waals surface area (Å²) in [7, 11) is 0. The maximum absolute atomic E-state index is 11.3. The van der Waals surface area contributed by atoms with Gasteiger partial charge in [-0.25, -0.2) is 9.78 Å². The van der Waals surface area contributed by atoms with E-state index in [1.165, 1.54) is 0 Å². The van der Waals surface area contributed by atoms with Crippen molar-refractivity contribution in [2.45, 2.75) is 26.8 Å². The standard InChI is InChI=1S/C14H14N4O3/c1-3-11-16-13-9(14(19)20)5-4-6-10(13)18(11)7-12-15-8(2)17-21-12/h4-6H,3,7H2,1-2H3,(H,19,20). The van der Waals surface area contributed by atoms with Gasteiger partial charge in [0.1, 0.15) is 17.9 Å². The molecule has 108 valence electrons. The van der Waals surface area contributed by atoms with E-state index in [-0.39, 0.29) is 5.56 Å². The van der Waals surface area contributed by atoms with Gasteiger partial charge in [-0.15, -0.1) is 0 Å². The van der Waals surface area contributed by atoms with Gasteiger partial charge in [-0.3, -0.25) is 0 Å². The van der Waals surface area contributed by atoms with Gasteiger partial charge >= 0.3 is 5.97 Å². The second-order valence-corrected chi connectivity index (χ2v) is 4.68. The Bertz CT molecular complexity index is 819. The first-order chi connectivity index (χ1) is 10.1. The minimum Gasteiger partial charge on any atom is -0.478 e. The van der Waals surface area contributed by atoms with Crippen LogP contribution in [0.15, 0.2) is 22.7 Å². The van der Waals surface area contributed by atoms with Gasteiger partial charge in [0.15, 0.2) is 5.82 Å². The molecule has 0 saturated carbocycles. The van der Waals surface area contributed by atoms with Crippen molar-refractivity contribution in [1.82, 2.24) is 19.7 Å². The highest BCUT2D eigenvalue weighted by molar-refractivity contribution is 6.01. The van der Waals surface area contributed by atoms with Crippen LogP contribution in [0.3, 0.4) is 0 Å². The molecule has 1 aromatic carbocycles. The van der Waals surface area contributed by atoms with E-state index in [0.717, 1.165) is 11.3 Å². The minimum atomic E-state index is -0.985. The highest BCUT2D eigenvalue weighted by Gasteiger charge is 2.17. The number of rotatable bonds is 4. The number of aryl methyl sites for hydroxylation is 2. The third-order valence-electron chi connectivity index (χ3n) is 3.27. The molecule has 1 N–H and O–H groups in total. The van der Waals surface area contributed by atoms with Crippen LogP contribution in [-0.4, -0.2) is 30.8 Å². The van der Waals surface area contributed by atoms with E-state index >= 15 is 0 Å². The molecule has 0 amide bonds. The Labute approximate surface area is 120 Å². The van der Waals surface area contributed by atoms with E-state index < -0.39 is 5.97 Å².